The third kappa shape index (κ3) is 5.48. The number of methoxy groups -OCH3 is 1. The van der Waals surface area contributed by atoms with Gasteiger partial charge in [-0.1, -0.05) is 12.1 Å². The van der Waals surface area contributed by atoms with Crippen LogP contribution >= 0.6 is 0 Å². The largest absolute Gasteiger partial charge is 0.493 e. The summed E-state index contributed by atoms with van der Waals surface area (Å²) in [5.41, 5.74) is 0.537. The number of para-hydroxylation sites is 2. The normalized spacial score (nSPS) is 11.9. The van der Waals surface area contributed by atoms with Crippen LogP contribution in [0.5, 0.6) is 17.2 Å². The number of aromatic amines is 1. The first-order chi connectivity index (χ1) is 13.7. The number of pyridine rings is 1. The molecule has 28 heavy (non-hydrogen) atoms. The summed E-state index contributed by atoms with van der Waals surface area (Å²) in [6, 6.07) is 16.1. The molecule has 0 radical (unpaired) electrons. The van der Waals surface area contributed by atoms with Crippen LogP contribution in [0, 0.1) is 0 Å². The van der Waals surface area contributed by atoms with Gasteiger partial charge in [0.1, 0.15) is 25.1 Å². The van der Waals surface area contributed by atoms with E-state index in [2.05, 4.69) is 10.3 Å². The standard InChI is InChI=1S/C21H24N2O5/c1-26-19-4-2-3-5-20(19)27-11-10-22-13-16(24)14-28-17-8-6-15-7-9-21(25)23-18(15)12-17/h2-9,12,16,22,24H,10-11,13-14H2,1H3,(H,23,25)/t16-/m1/s1. The summed E-state index contributed by atoms with van der Waals surface area (Å²) in [5.74, 6) is 1.96. The topological polar surface area (TPSA) is 92.8 Å². The second kappa shape index (κ2) is 9.77. The third-order valence-corrected chi connectivity index (χ3v) is 4.12. The van der Waals surface area contributed by atoms with Gasteiger partial charge in [0.2, 0.25) is 5.56 Å². The summed E-state index contributed by atoms with van der Waals surface area (Å²) in [6.45, 7) is 1.54. The minimum Gasteiger partial charge on any atom is -0.493 e. The first-order valence-corrected chi connectivity index (χ1v) is 9.06. The van der Waals surface area contributed by atoms with Crippen LogP contribution in [0.2, 0.25) is 0 Å². The summed E-state index contributed by atoms with van der Waals surface area (Å²) in [7, 11) is 1.60. The van der Waals surface area contributed by atoms with Gasteiger partial charge in [-0.25, -0.2) is 0 Å². The molecule has 0 aliphatic carbocycles. The fourth-order valence-electron chi connectivity index (χ4n) is 2.71. The van der Waals surface area contributed by atoms with Crippen molar-refractivity contribution in [2.45, 2.75) is 6.10 Å². The number of rotatable bonds is 10. The minimum absolute atomic E-state index is 0.142. The predicted molar refractivity (Wildman–Crippen MR) is 107 cm³/mol. The highest BCUT2D eigenvalue weighted by Gasteiger charge is 2.07. The summed E-state index contributed by atoms with van der Waals surface area (Å²) in [4.78, 5) is 14.2. The number of aliphatic hydroxyl groups is 1. The van der Waals surface area contributed by atoms with E-state index in [1.165, 1.54) is 6.07 Å². The molecule has 1 atom stereocenters. The fourth-order valence-corrected chi connectivity index (χ4v) is 2.71. The van der Waals surface area contributed by atoms with Gasteiger partial charge in [0.25, 0.3) is 0 Å². The lowest BCUT2D eigenvalue weighted by Gasteiger charge is -2.14. The summed E-state index contributed by atoms with van der Waals surface area (Å²) >= 11 is 0. The van der Waals surface area contributed by atoms with E-state index >= 15 is 0 Å². The maximum atomic E-state index is 11.4. The van der Waals surface area contributed by atoms with Gasteiger partial charge in [-0.15, -0.1) is 0 Å². The molecule has 148 valence electrons. The first-order valence-electron chi connectivity index (χ1n) is 9.06. The Morgan fingerprint density at radius 1 is 1.07 bits per heavy atom. The SMILES string of the molecule is COc1ccccc1OCCNC[C@@H](O)COc1ccc2ccc(=O)[nH]c2c1. The lowest BCUT2D eigenvalue weighted by Crippen LogP contribution is -2.33. The molecule has 2 aromatic carbocycles. The van der Waals surface area contributed by atoms with E-state index in [4.69, 9.17) is 14.2 Å². The number of ether oxygens (including phenoxy) is 3. The summed E-state index contributed by atoms with van der Waals surface area (Å²) in [5, 5.41) is 14.1. The van der Waals surface area contributed by atoms with E-state index in [-0.39, 0.29) is 12.2 Å². The van der Waals surface area contributed by atoms with Crippen LogP contribution in [0.4, 0.5) is 0 Å². The molecular formula is C21H24N2O5. The Balaban J connectivity index is 1.38. The highest BCUT2D eigenvalue weighted by Crippen LogP contribution is 2.25. The van der Waals surface area contributed by atoms with Crippen LogP contribution in [-0.2, 0) is 0 Å². The number of aromatic nitrogens is 1. The Hall–Kier alpha value is -3.03. The molecule has 0 amide bonds. The van der Waals surface area contributed by atoms with Crippen LogP contribution in [0.3, 0.4) is 0 Å². The number of hydrogen-bond acceptors (Lipinski definition) is 6. The van der Waals surface area contributed by atoms with Crippen molar-refractivity contribution in [3.63, 3.8) is 0 Å². The molecule has 1 aromatic heterocycles. The fraction of sp³-hybridized carbons (Fsp3) is 0.286. The van der Waals surface area contributed by atoms with Gasteiger partial charge in [-0.3, -0.25) is 4.79 Å². The van der Waals surface area contributed by atoms with Crippen molar-refractivity contribution >= 4 is 10.9 Å². The van der Waals surface area contributed by atoms with E-state index in [1.807, 2.05) is 36.4 Å². The molecule has 0 spiro atoms. The molecule has 3 rings (SSSR count). The van der Waals surface area contributed by atoms with Crippen molar-refractivity contribution in [2.24, 2.45) is 0 Å². The van der Waals surface area contributed by atoms with Crippen molar-refractivity contribution in [3.8, 4) is 17.2 Å². The Kier molecular flexibility index (Phi) is 6.89. The highest BCUT2D eigenvalue weighted by molar-refractivity contribution is 5.79. The number of hydrogen-bond donors (Lipinski definition) is 3. The van der Waals surface area contributed by atoms with E-state index in [0.717, 1.165) is 5.39 Å². The van der Waals surface area contributed by atoms with Crippen LogP contribution in [-0.4, -0.2) is 49.6 Å². The Morgan fingerprint density at radius 2 is 1.86 bits per heavy atom. The highest BCUT2D eigenvalue weighted by atomic mass is 16.5. The summed E-state index contributed by atoms with van der Waals surface area (Å²) < 4.78 is 16.5. The minimum atomic E-state index is -0.670. The number of H-pyrrole nitrogens is 1. The van der Waals surface area contributed by atoms with Gasteiger partial charge in [0.05, 0.1) is 12.6 Å². The van der Waals surface area contributed by atoms with Gasteiger partial charge in [0.15, 0.2) is 11.5 Å². The molecule has 1 heterocycles. The zero-order chi connectivity index (χ0) is 19.8. The third-order valence-electron chi connectivity index (χ3n) is 4.12. The van der Waals surface area contributed by atoms with Gasteiger partial charge >= 0.3 is 0 Å². The molecule has 0 unspecified atom stereocenters. The van der Waals surface area contributed by atoms with Crippen LogP contribution in [0.15, 0.2) is 59.4 Å². The Morgan fingerprint density at radius 3 is 2.68 bits per heavy atom. The zero-order valence-corrected chi connectivity index (χ0v) is 15.7. The average molecular weight is 384 g/mol. The molecule has 7 heteroatoms. The number of fused-ring (bicyclic) bond motifs is 1. The van der Waals surface area contributed by atoms with Gasteiger partial charge < -0.3 is 29.6 Å². The molecule has 0 bridgehead atoms. The maximum Gasteiger partial charge on any atom is 0.248 e. The molecule has 0 fully saturated rings. The predicted octanol–water partition coefficient (Wildman–Crippen LogP) is 1.94. The lowest BCUT2D eigenvalue weighted by atomic mass is 10.2. The number of benzene rings is 2. The molecule has 0 aliphatic rings. The van der Waals surface area contributed by atoms with E-state index in [0.29, 0.717) is 42.5 Å². The quantitative estimate of drug-likeness (QED) is 0.463. The van der Waals surface area contributed by atoms with Crippen molar-refractivity contribution < 1.29 is 19.3 Å². The lowest BCUT2D eigenvalue weighted by molar-refractivity contribution is 0.105. The van der Waals surface area contributed by atoms with E-state index < -0.39 is 6.10 Å². The van der Waals surface area contributed by atoms with Crippen molar-refractivity contribution in [3.05, 3.63) is 65.0 Å². The molecule has 0 saturated carbocycles. The molecule has 0 saturated heterocycles. The number of aliphatic hydroxyl groups excluding tert-OH is 1. The van der Waals surface area contributed by atoms with Crippen LogP contribution in [0.25, 0.3) is 10.9 Å². The second-order valence-corrected chi connectivity index (χ2v) is 6.24. The van der Waals surface area contributed by atoms with Gasteiger partial charge in [0, 0.05) is 25.2 Å². The van der Waals surface area contributed by atoms with Crippen molar-refractivity contribution in [1.82, 2.24) is 10.3 Å². The Labute approximate surface area is 162 Å². The van der Waals surface area contributed by atoms with Crippen LogP contribution in [0.1, 0.15) is 0 Å². The van der Waals surface area contributed by atoms with E-state index in [9.17, 15) is 9.90 Å². The molecule has 3 aromatic rings. The van der Waals surface area contributed by atoms with Gasteiger partial charge in [-0.05, 0) is 35.7 Å². The van der Waals surface area contributed by atoms with Gasteiger partial charge in [-0.2, -0.15) is 0 Å². The average Bonchev–Trinajstić information content (AvgIpc) is 2.72. The van der Waals surface area contributed by atoms with Crippen molar-refractivity contribution in [1.29, 1.82) is 0 Å². The maximum absolute atomic E-state index is 11.4. The van der Waals surface area contributed by atoms with Crippen LogP contribution < -0.4 is 25.1 Å². The molecule has 3 N–H and O–H groups in total. The second-order valence-electron chi connectivity index (χ2n) is 6.24. The summed E-state index contributed by atoms with van der Waals surface area (Å²) in [6.07, 6.45) is -0.670. The smallest absolute Gasteiger partial charge is 0.248 e. The first kappa shape index (κ1) is 19.7. The molecule has 7 nitrogen and oxygen atoms in total. The molecule has 0 aliphatic heterocycles. The molecular weight excluding hydrogens is 360 g/mol. The van der Waals surface area contributed by atoms with Crippen molar-refractivity contribution in [2.75, 3.05) is 33.4 Å². The number of nitrogens with one attached hydrogen (secondary N) is 2. The van der Waals surface area contributed by atoms with E-state index in [1.54, 1.807) is 19.2 Å². The zero-order valence-electron chi connectivity index (χ0n) is 15.7. The Bertz CT molecular complexity index is 957. The monoisotopic (exact) mass is 384 g/mol.